The van der Waals surface area contributed by atoms with E-state index >= 15 is 0 Å². The summed E-state index contributed by atoms with van der Waals surface area (Å²) >= 11 is 3.11. The Balaban J connectivity index is 3.11. The van der Waals surface area contributed by atoms with E-state index in [4.69, 9.17) is 9.47 Å². The first-order valence-electron chi connectivity index (χ1n) is 4.50. The first kappa shape index (κ1) is 12.5. The zero-order valence-electron chi connectivity index (χ0n) is 8.61. The van der Waals surface area contributed by atoms with Crippen molar-refractivity contribution in [3.05, 3.63) is 49.4 Å². The van der Waals surface area contributed by atoms with Gasteiger partial charge < -0.3 is 9.47 Å². The van der Waals surface area contributed by atoms with Crippen LogP contribution >= 0.6 is 15.9 Å². The van der Waals surface area contributed by atoms with E-state index in [0.29, 0.717) is 17.1 Å². The number of rotatable bonds is 6. The molecular weight excluding hydrogens is 272 g/mol. The van der Waals surface area contributed by atoms with Gasteiger partial charge in [0.2, 0.25) is 0 Å². The number of carbonyl (C=O) groups excluding carboxylic acids is 1. The van der Waals surface area contributed by atoms with Gasteiger partial charge in [0.05, 0.1) is 17.9 Å². The minimum Gasteiger partial charge on any atom is -0.465 e. The molecule has 0 radical (unpaired) electrons. The maximum atomic E-state index is 11.5. The van der Waals surface area contributed by atoms with Gasteiger partial charge in [0, 0.05) is 11.6 Å². The second-order valence-corrected chi connectivity index (χ2v) is 3.38. The number of hydrogen-bond acceptors (Lipinski definition) is 3. The molecule has 0 amide bonds. The Morgan fingerprint density at radius 2 is 1.69 bits per heavy atom. The predicted octanol–water partition coefficient (Wildman–Crippen LogP) is 3.31. The zero-order chi connectivity index (χ0) is 12.0. The Bertz CT molecular complexity index is 384. The Morgan fingerprint density at radius 1 is 1.19 bits per heavy atom. The topological polar surface area (TPSA) is 35.5 Å². The van der Waals surface area contributed by atoms with E-state index in [-0.39, 0.29) is 11.1 Å². The molecule has 0 aliphatic heterocycles. The number of halogens is 1. The van der Waals surface area contributed by atoms with E-state index < -0.39 is 0 Å². The van der Waals surface area contributed by atoms with Gasteiger partial charge in [-0.1, -0.05) is 29.1 Å². The Morgan fingerprint density at radius 3 is 2.06 bits per heavy atom. The molecule has 0 unspecified atom stereocenters. The van der Waals surface area contributed by atoms with Crippen molar-refractivity contribution in [3.8, 4) is 11.5 Å². The summed E-state index contributed by atoms with van der Waals surface area (Å²) in [6.45, 7) is 6.90. The molecule has 0 atom stereocenters. The number of benzene rings is 1. The fourth-order valence-corrected chi connectivity index (χ4v) is 1.46. The summed E-state index contributed by atoms with van der Waals surface area (Å²) in [6.07, 6.45) is 2.57. The van der Waals surface area contributed by atoms with Gasteiger partial charge >= 0.3 is 0 Å². The van der Waals surface area contributed by atoms with E-state index in [1.165, 1.54) is 12.5 Å². The van der Waals surface area contributed by atoms with Crippen molar-refractivity contribution in [2.75, 3.05) is 5.33 Å². The van der Waals surface area contributed by atoms with E-state index in [0.717, 1.165) is 0 Å². The van der Waals surface area contributed by atoms with Gasteiger partial charge in [-0.2, -0.15) is 0 Å². The maximum absolute atomic E-state index is 11.5. The summed E-state index contributed by atoms with van der Waals surface area (Å²) in [7, 11) is 0. The van der Waals surface area contributed by atoms with Crippen LogP contribution in [-0.4, -0.2) is 11.1 Å². The van der Waals surface area contributed by atoms with Gasteiger partial charge in [0.15, 0.2) is 5.78 Å². The number of ether oxygens (including phenoxy) is 2. The molecule has 0 aliphatic carbocycles. The summed E-state index contributed by atoms with van der Waals surface area (Å²) in [6, 6.07) is 4.90. The Kier molecular flexibility index (Phi) is 4.79. The van der Waals surface area contributed by atoms with Crippen LogP contribution in [0.3, 0.4) is 0 Å². The normalized spacial score (nSPS) is 9.31. The third-order valence-corrected chi connectivity index (χ3v) is 2.27. The average Bonchev–Trinajstić information content (AvgIpc) is 2.28. The van der Waals surface area contributed by atoms with E-state index in [2.05, 4.69) is 29.1 Å². The van der Waals surface area contributed by atoms with Crippen LogP contribution in [0, 0.1) is 0 Å². The second-order valence-electron chi connectivity index (χ2n) is 2.82. The van der Waals surface area contributed by atoms with Crippen molar-refractivity contribution >= 4 is 21.7 Å². The van der Waals surface area contributed by atoms with Gasteiger partial charge in [0.1, 0.15) is 11.5 Å². The lowest BCUT2D eigenvalue weighted by Crippen LogP contribution is -2.00. The first-order chi connectivity index (χ1) is 7.71. The number of alkyl halides is 1. The van der Waals surface area contributed by atoms with Crippen molar-refractivity contribution in [1.29, 1.82) is 0 Å². The molecule has 1 aromatic rings. The summed E-state index contributed by atoms with van der Waals surface area (Å²) in [5, 5.41) is 0.248. The minimum absolute atomic E-state index is 0.0524. The largest absolute Gasteiger partial charge is 0.465 e. The lowest BCUT2D eigenvalue weighted by atomic mass is 10.1. The molecule has 1 aromatic carbocycles. The molecule has 0 heterocycles. The molecule has 1 rings (SSSR count). The summed E-state index contributed by atoms with van der Waals surface area (Å²) in [5.74, 6) is 0.945. The van der Waals surface area contributed by atoms with Crippen molar-refractivity contribution < 1.29 is 14.3 Å². The standard InChI is InChI=1S/C12H11BrO3/c1-3-15-10-5-9(12(14)8-13)6-11(7-10)16-4-2/h3-7H,1-2,8H2. The van der Waals surface area contributed by atoms with Gasteiger partial charge in [-0.15, -0.1) is 0 Å². The van der Waals surface area contributed by atoms with Crippen molar-refractivity contribution in [3.63, 3.8) is 0 Å². The van der Waals surface area contributed by atoms with E-state index in [9.17, 15) is 4.79 Å². The van der Waals surface area contributed by atoms with Gasteiger partial charge in [-0.3, -0.25) is 4.79 Å². The number of ketones is 1. The molecule has 0 aliphatic rings. The third kappa shape index (κ3) is 3.24. The molecular formula is C12H11BrO3. The predicted molar refractivity (Wildman–Crippen MR) is 66.2 cm³/mol. The molecule has 0 spiro atoms. The quantitative estimate of drug-likeness (QED) is 0.456. The second kappa shape index (κ2) is 6.12. The lowest BCUT2D eigenvalue weighted by molar-refractivity contribution is 0.102. The highest BCUT2D eigenvalue weighted by Crippen LogP contribution is 2.24. The Labute approximate surface area is 102 Å². The molecule has 0 saturated carbocycles. The SMILES string of the molecule is C=COc1cc(OC=C)cc(C(=O)CBr)c1. The summed E-state index contributed by atoms with van der Waals surface area (Å²) in [4.78, 5) is 11.5. The summed E-state index contributed by atoms with van der Waals surface area (Å²) in [5.41, 5.74) is 0.507. The van der Waals surface area contributed by atoms with Crippen LogP contribution in [0.1, 0.15) is 10.4 Å². The van der Waals surface area contributed by atoms with Crippen molar-refractivity contribution in [2.45, 2.75) is 0 Å². The van der Waals surface area contributed by atoms with Gasteiger partial charge in [0.25, 0.3) is 0 Å². The molecule has 16 heavy (non-hydrogen) atoms. The Hall–Kier alpha value is -1.55. The molecule has 0 fully saturated rings. The van der Waals surface area contributed by atoms with E-state index in [1.807, 2.05) is 0 Å². The number of carbonyl (C=O) groups is 1. The van der Waals surface area contributed by atoms with Crippen LogP contribution in [0.15, 0.2) is 43.9 Å². The highest BCUT2D eigenvalue weighted by atomic mass is 79.9. The van der Waals surface area contributed by atoms with E-state index in [1.54, 1.807) is 18.2 Å². The monoisotopic (exact) mass is 282 g/mol. The molecule has 0 aromatic heterocycles. The molecule has 84 valence electrons. The first-order valence-corrected chi connectivity index (χ1v) is 5.62. The van der Waals surface area contributed by atoms with Crippen molar-refractivity contribution in [1.82, 2.24) is 0 Å². The van der Waals surface area contributed by atoms with Gasteiger partial charge in [-0.25, -0.2) is 0 Å². The smallest absolute Gasteiger partial charge is 0.173 e. The highest BCUT2D eigenvalue weighted by Gasteiger charge is 2.08. The van der Waals surface area contributed by atoms with Gasteiger partial charge in [-0.05, 0) is 12.1 Å². The molecule has 0 saturated heterocycles. The third-order valence-electron chi connectivity index (χ3n) is 1.76. The number of hydrogen-bond donors (Lipinski definition) is 0. The van der Waals surface area contributed by atoms with Crippen LogP contribution in [0.25, 0.3) is 0 Å². The fraction of sp³-hybridized carbons (Fsp3) is 0.0833. The minimum atomic E-state index is -0.0524. The van der Waals surface area contributed by atoms with Crippen LogP contribution < -0.4 is 9.47 Å². The lowest BCUT2D eigenvalue weighted by Gasteiger charge is -2.06. The molecule has 0 bridgehead atoms. The fourth-order valence-electron chi connectivity index (χ4n) is 1.14. The highest BCUT2D eigenvalue weighted by molar-refractivity contribution is 9.09. The van der Waals surface area contributed by atoms with Crippen molar-refractivity contribution in [2.24, 2.45) is 0 Å². The van der Waals surface area contributed by atoms with Crippen LogP contribution in [0.4, 0.5) is 0 Å². The molecule has 3 nitrogen and oxygen atoms in total. The summed E-state index contributed by atoms with van der Waals surface area (Å²) < 4.78 is 10.2. The molecule has 4 heteroatoms. The van der Waals surface area contributed by atoms with Crippen LogP contribution in [-0.2, 0) is 0 Å². The number of Topliss-reactive ketones (excluding diaryl/α,β-unsaturated/α-hetero) is 1. The molecule has 0 N–H and O–H groups in total. The zero-order valence-corrected chi connectivity index (χ0v) is 10.2. The van der Waals surface area contributed by atoms with Crippen LogP contribution in [0.5, 0.6) is 11.5 Å². The van der Waals surface area contributed by atoms with Crippen LogP contribution in [0.2, 0.25) is 0 Å². The average molecular weight is 283 g/mol. The maximum Gasteiger partial charge on any atom is 0.173 e.